The van der Waals surface area contributed by atoms with Crippen molar-refractivity contribution in [3.8, 4) is 0 Å². The van der Waals surface area contributed by atoms with Gasteiger partial charge >= 0.3 is 6.09 Å². The molecule has 6 heteroatoms. The van der Waals surface area contributed by atoms with Gasteiger partial charge in [0.05, 0.1) is 18.2 Å². The van der Waals surface area contributed by atoms with Gasteiger partial charge in [-0.3, -0.25) is 4.90 Å². The number of hydrogen-bond donors (Lipinski definition) is 1. The van der Waals surface area contributed by atoms with Gasteiger partial charge in [-0.2, -0.15) is 11.8 Å². The van der Waals surface area contributed by atoms with E-state index in [1.165, 1.54) is 0 Å². The van der Waals surface area contributed by atoms with Crippen molar-refractivity contribution in [2.75, 3.05) is 11.5 Å². The molecule has 0 aromatic heterocycles. The first-order valence-electron chi connectivity index (χ1n) is 9.29. The SMILES string of the molecule is CC(C)C[C@H]1[C@@H](CCSC[C@@H](C)O)OC(C)(C)N1C(=O)OC(C)(C)C. The van der Waals surface area contributed by atoms with Crippen LogP contribution in [0.15, 0.2) is 0 Å². The minimum atomic E-state index is -0.679. The Bertz CT molecular complexity index is 432. The smallest absolute Gasteiger partial charge is 0.412 e. The third-order valence-electron chi connectivity index (χ3n) is 3.99. The van der Waals surface area contributed by atoms with Crippen molar-refractivity contribution in [3.63, 3.8) is 0 Å². The van der Waals surface area contributed by atoms with Gasteiger partial charge in [0.15, 0.2) is 0 Å². The highest BCUT2D eigenvalue weighted by molar-refractivity contribution is 7.99. The second-order valence-corrected chi connectivity index (χ2v) is 10.0. The molecule has 3 atom stereocenters. The van der Waals surface area contributed by atoms with Gasteiger partial charge in [0, 0.05) is 5.75 Å². The average Bonchev–Trinajstić information content (AvgIpc) is 2.62. The molecule has 0 aromatic carbocycles. The molecular weight excluding hydrogens is 338 g/mol. The number of carbonyl (C=O) groups excluding carboxylic acids is 1. The lowest BCUT2D eigenvalue weighted by Gasteiger charge is -2.35. The second kappa shape index (κ2) is 8.96. The predicted octanol–water partition coefficient (Wildman–Crippen LogP) is 4.28. The highest BCUT2D eigenvalue weighted by Crippen LogP contribution is 2.38. The van der Waals surface area contributed by atoms with Crippen LogP contribution in [-0.2, 0) is 9.47 Å². The quantitative estimate of drug-likeness (QED) is 0.673. The number of hydrogen-bond acceptors (Lipinski definition) is 5. The van der Waals surface area contributed by atoms with Crippen molar-refractivity contribution in [3.05, 3.63) is 0 Å². The number of carbonyl (C=O) groups is 1. The molecule has 1 amide bonds. The summed E-state index contributed by atoms with van der Waals surface area (Å²) in [4.78, 5) is 14.6. The van der Waals surface area contributed by atoms with Crippen LogP contribution in [0.4, 0.5) is 4.79 Å². The number of amides is 1. The zero-order valence-corrected chi connectivity index (χ0v) is 18.0. The molecule has 0 spiro atoms. The van der Waals surface area contributed by atoms with E-state index >= 15 is 0 Å². The summed E-state index contributed by atoms with van der Waals surface area (Å²) >= 11 is 1.72. The van der Waals surface area contributed by atoms with Crippen molar-refractivity contribution >= 4 is 17.9 Å². The first-order chi connectivity index (χ1) is 11.3. The van der Waals surface area contributed by atoms with Crippen molar-refractivity contribution in [1.82, 2.24) is 4.90 Å². The maximum Gasteiger partial charge on any atom is 0.412 e. The number of aliphatic hydroxyl groups excluding tert-OH is 1. The van der Waals surface area contributed by atoms with Gasteiger partial charge in [-0.05, 0) is 66.1 Å². The molecule has 1 fully saturated rings. The Hall–Kier alpha value is -0.460. The molecule has 5 nitrogen and oxygen atoms in total. The second-order valence-electron chi connectivity index (χ2n) is 8.86. The van der Waals surface area contributed by atoms with Crippen LogP contribution < -0.4 is 0 Å². The van der Waals surface area contributed by atoms with Gasteiger partial charge < -0.3 is 14.6 Å². The molecule has 1 N–H and O–H groups in total. The standard InChI is InChI=1S/C19H37NO4S/c1-13(2)11-15-16(9-10-25-12-14(3)21)23-19(7,8)20(15)17(22)24-18(4,5)6/h13-16,21H,9-12H2,1-8H3/t14-,15+,16-/m1/s1. The summed E-state index contributed by atoms with van der Waals surface area (Å²) in [7, 11) is 0. The van der Waals surface area contributed by atoms with Crippen LogP contribution in [0.2, 0.25) is 0 Å². The normalized spacial score (nSPS) is 24.6. The number of ether oxygens (including phenoxy) is 2. The van der Waals surface area contributed by atoms with E-state index in [2.05, 4.69) is 13.8 Å². The third-order valence-corrected chi connectivity index (χ3v) is 5.23. The lowest BCUT2D eigenvalue weighted by Crippen LogP contribution is -2.50. The summed E-state index contributed by atoms with van der Waals surface area (Å²) in [6.45, 7) is 15.7. The van der Waals surface area contributed by atoms with Crippen LogP contribution in [0.3, 0.4) is 0 Å². The lowest BCUT2D eigenvalue weighted by molar-refractivity contribution is -0.0790. The third kappa shape index (κ3) is 7.35. The van der Waals surface area contributed by atoms with E-state index in [1.54, 1.807) is 23.6 Å². The summed E-state index contributed by atoms with van der Waals surface area (Å²) in [5.41, 5.74) is -1.21. The van der Waals surface area contributed by atoms with Gasteiger partial charge in [0.25, 0.3) is 0 Å². The lowest BCUT2D eigenvalue weighted by atomic mass is 9.97. The monoisotopic (exact) mass is 375 g/mol. The van der Waals surface area contributed by atoms with Crippen LogP contribution in [-0.4, -0.2) is 57.2 Å². The van der Waals surface area contributed by atoms with Crippen molar-refractivity contribution in [1.29, 1.82) is 0 Å². The van der Waals surface area contributed by atoms with Crippen molar-refractivity contribution in [2.24, 2.45) is 5.92 Å². The van der Waals surface area contributed by atoms with E-state index in [0.29, 0.717) is 5.92 Å². The number of nitrogens with zero attached hydrogens (tertiary/aromatic N) is 1. The molecule has 1 aliphatic heterocycles. The zero-order valence-electron chi connectivity index (χ0n) is 17.2. The predicted molar refractivity (Wildman–Crippen MR) is 104 cm³/mol. The molecule has 148 valence electrons. The summed E-state index contributed by atoms with van der Waals surface area (Å²) in [5.74, 6) is 2.09. The van der Waals surface area contributed by atoms with Gasteiger partial charge in [-0.25, -0.2) is 4.79 Å². The molecule has 25 heavy (non-hydrogen) atoms. The molecule has 1 aliphatic rings. The van der Waals surface area contributed by atoms with Crippen molar-refractivity contribution in [2.45, 2.75) is 97.8 Å². The van der Waals surface area contributed by atoms with E-state index in [-0.39, 0.29) is 24.3 Å². The molecule has 0 radical (unpaired) electrons. The molecule has 0 aliphatic carbocycles. The number of aliphatic hydroxyl groups is 1. The fraction of sp³-hybridized carbons (Fsp3) is 0.947. The van der Waals surface area contributed by atoms with E-state index in [1.807, 2.05) is 34.6 Å². The van der Waals surface area contributed by atoms with E-state index in [9.17, 15) is 9.90 Å². The van der Waals surface area contributed by atoms with Gasteiger partial charge in [0.2, 0.25) is 0 Å². The first-order valence-corrected chi connectivity index (χ1v) is 10.4. The summed E-state index contributed by atoms with van der Waals surface area (Å²) in [5, 5.41) is 9.40. The maximum atomic E-state index is 12.8. The highest BCUT2D eigenvalue weighted by Gasteiger charge is 2.50. The summed E-state index contributed by atoms with van der Waals surface area (Å²) in [6, 6.07) is 0.0111. The average molecular weight is 376 g/mol. The Morgan fingerprint density at radius 3 is 2.40 bits per heavy atom. The van der Waals surface area contributed by atoms with Crippen LogP contribution in [0.25, 0.3) is 0 Å². The van der Waals surface area contributed by atoms with Gasteiger partial charge in [-0.15, -0.1) is 0 Å². The zero-order chi connectivity index (χ0) is 19.4. The maximum absolute atomic E-state index is 12.8. The van der Waals surface area contributed by atoms with E-state index in [0.717, 1.165) is 24.3 Å². The van der Waals surface area contributed by atoms with Crippen molar-refractivity contribution < 1.29 is 19.4 Å². The summed E-state index contributed by atoms with van der Waals surface area (Å²) in [6.07, 6.45) is 1.13. The van der Waals surface area contributed by atoms with Gasteiger partial charge in [-0.1, -0.05) is 13.8 Å². The minimum Gasteiger partial charge on any atom is -0.444 e. The van der Waals surface area contributed by atoms with Crippen LogP contribution in [0.5, 0.6) is 0 Å². The Balaban J connectivity index is 2.86. The molecule has 1 rings (SSSR count). The van der Waals surface area contributed by atoms with Crippen LogP contribution in [0, 0.1) is 5.92 Å². The van der Waals surface area contributed by atoms with E-state index < -0.39 is 11.3 Å². The molecule has 1 saturated heterocycles. The van der Waals surface area contributed by atoms with Crippen LogP contribution in [0.1, 0.15) is 68.2 Å². The topological polar surface area (TPSA) is 59.0 Å². The Morgan fingerprint density at radius 2 is 1.92 bits per heavy atom. The molecular formula is C19H37NO4S. The van der Waals surface area contributed by atoms with Gasteiger partial charge in [0.1, 0.15) is 11.3 Å². The highest BCUT2D eigenvalue weighted by atomic mass is 32.2. The van der Waals surface area contributed by atoms with E-state index in [4.69, 9.17) is 9.47 Å². The Kier molecular flexibility index (Phi) is 8.09. The fourth-order valence-electron chi connectivity index (χ4n) is 3.18. The summed E-state index contributed by atoms with van der Waals surface area (Å²) < 4.78 is 11.9. The molecule has 0 saturated carbocycles. The molecule has 0 aromatic rings. The molecule has 0 unspecified atom stereocenters. The fourth-order valence-corrected chi connectivity index (χ4v) is 4.09. The largest absolute Gasteiger partial charge is 0.444 e. The minimum absolute atomic E-state index is 0.00795. The van der Waals surface area contributed by atoms with Crippen LogP contribution >= 0.6 is 11.8 Å². The molecule has 0 bridgehead atoms. The Labute approximate surface area is 157 Å². The first kappa shape index (κ1) is 22.6. The Morgan fingerprint density at radius 1 is 1.32 bits per heavy atom. The number of rotatable bonds is 7. The molecule has 1 heterocycles. The number of thioether (sulfide) groups is 1.